The number of nitrogens with zero attached hydrogens (tertiary/aromatic N) is 4. The average molecular weight is 511 g/mol. The number of carboxylic acids is 1. The number of benzene rings is 2. The molecule has 8 heteroatoms. The predicted molar refractivity (Wildman–Crippen MR) is 138 cm³/mol. The minimum Gasteiger partial charge on any atom is -0.481 e. The third-order valence-electron chi connectivity index (χ3n) is 8.33. The quantitative estimate of drug-likeness (QED) is 0.391. The number of carboxylic acid groups (broad SMARTS) is 1. The Morgan fingerprint density at radius 2 is 1.89 bits per heavy atom. The summed E-state index contributed by atoms with van der Waals surface area (Å²) in [5.74, 6) is -1.39. The highest BCUT2D eigenvalue weighted by Gasteiger charge is 2.44. The molecule has 2 aromatic heterocycles. The second kappa shape index (κ2) is 8.48. The number of hydrogen-bond acceptors (Lipinski definition) is 4. The summed E-state index contributed by atoms with van der Waals surface area (Å²) in [6.45, 7) is 2.72. The number of rotatable bonds is 5. The van der Waals surface area contributed by atoms with E-state index in [-0.39, 0.29) is 29.3 Å². The van der Waals surface area contributed by atoms with E-state index in [0.717, 1.165) is 25.0 Å². The van der Waals surface area contributed by atoms with Crippen molar-refractivity contribution in [2.24, 2.45) is 5.92 Å². The summed E-state index contributed by atoms with van der Waals surface area (Å²) >= 11 is 0. The second-order valence-electron chi connectivity index (χ2n) is 10.8. The van der Waals surface area contributed by atoms with Gasteiger partial charge in [0.15, 0.2) is 11.5 Å². The Bertz CT molecular complexity index is 1630. The van der Waals surface area contributed by atoms with E-state index in [0.29, 0.717) is 35.7 Å². The summed E-state index contributed by atoms with van der Waals surface area (Å²) in [5.41, 5.74) is 5.44. The van der Waals surface area contributed by atoms with Crippen molar-refractivity contribution in [3.63, 3.8) is 0 Å². The van der Waals surface area contributed by atoms with Crippen LogP contribution >= 0.6 is 0 Å². The van der Waals surface area contributed by atoms with E-state index >= 15 is 4.39 Å². The standard InChI is InChI=1S/C30H27FN4O3/c1-16-21-5-3-2-4-17(21)10-11-34(16)29(36)20-13-26(18-6-7-18)35-27(14-20)32-28(33-35)22-9-8-19(12-25(22)31)23-15-24(23)30(37)38/h2-5,8-9,12-14,16,18,23-24H,6-7,10-11,15H2,1H3,(H,37,38)/t16-,23+,24-/m1/s1. The van der Waals surface area contributed by atoms with Gasteiger partial charge >= 0.3 is 5.97 Å². The third-order valence-corrected chi connectivity index (χ3v) is 8.33. The van der Waals surface area contributed by atoms with Crippen molar-refractivity contribution in [3.05, 3.63) is 88.4 Å². The zero-order valence-corrected chi connectivity index (χ0v) is 21.0. The molecule has 2 aliphatic carbocycles. The lowest BCUT2D eigenvalue weighted by atomic mass is 9.93. The van der Waals surface area contributed by atoms with E-state index in [4.69, 9.17) is 0 Å². The normalized spacial score (nSPS) is 22.4. The molecule has 3 aliphatic rings. The van der Waals surface area contributed by atoms with Gasteiger partial charge in [-0.2, -0.15) is 0 Å². The van der Waals surface area contributed by atoms with Crippen molar-refractivity contribution >= 4 is 17.5 Å². The zero-order valence-electron chi connectivity index (χ0n) is 21.0. The van der Waals surface area contributed by atoms with Crippen molar-refractivity contribution in [3.8, 4) is 11.4 Å². The maximum Gasteiger partial charge on any atom is 0.307 e. The van der Waals surface area contributed by atoms with E-state index in [1.54, 1.807) is 22.7 Å². The second-order valence-corrected chi connectivity index (χ2v) is 10.8. The summed E-state index contributed by atoms with van der Waals surface area (Å²) in [6.07, 6.45) is 3.39. The van der Waals surface area contributed by atoms with Crippen LogP contribution in [0.25, 0.3) is 17.0 Å². The molecule has 1 N–H and O–H groups in total. The maximum absolute atomic E-state index is 15.2. The highest BCUT2D eigenvalue weighted by Crippen LogP contribution is 2.48. The Hall–Kier alpha value is -4.07. The van der Waals surface area contributed by atoms with E-state index in [2.05, 4.69) is 29.1 Å². The van der Waals surface area contributed by atoms with Crippen LogP contribution in [0.4, 0.5) is 4.39 Å². The lowest BCUT2D eigenvalue weighted by Gasteiger charge is -2.35. The molecule has 7 rings (SSSR count). The molecule has 0 radical (unpaired) electrons. The Balaban J connectivity index is 1.23. The first kappa shape index (κ1) is 23.1. The molecule has 1 amide bonds. The van der Waals surface area contributed by atoms with Crippen LogP contribution in [0, 0.1) is 11.7 Å². The Kier molecular flexibility index (Phi) is 5.15. The molecule has 0 saturated heterocycles. The van der Waals surface area contributed by atoms with Crippen molar-refractivity contribution in [1.29, 1.82) is 0 Å². The lowest BCUT2D eigenvalue weighted by molar-refractivity contribution is -0.138. The summed E-state index contributed by atoms with van der Waals surface area (Å²) in [7, 11) is 0. The zero-order chi connectivity index (χ0) is 26.1. The van der Waals surface area contributed by atoms with E-state index in [1.807, 2.05) is 23.1 Å². The minimum atomic E-state index is -0.845. The van der Waals surface area contributed by atoms with Crippen LogP contribution in [-0.4, -0.2) is 43.0 Å². The van der Waals surface area contributed by atoms with Crippen molar-refractivity contribution < 1.29 is 19.1 Å². The number of aliphatic carboxylic acids is 1. The molecule has 1 aliphatic heterocycles. The molecule has 4 aromatic rings. The van der Waals surface area contributed by atoms with Gasteiger partial charge in [0.05, 0.1) is 17.5 Å². The monoisotopic (exact) mass is 510 g/mol. The first-order valence-electron chi connectivity index (χ1n) is 13.2. The maximum atomic E-state index is 15.2. The van der Waals surface area contributed by atoms with Crippen molar-refractivity contribution in [1.82, 2.24) is 19.5 Å². The molecule has 0 spiro atoms. The van der Waals surface area contributed by atoms with Crippen molar-refractivity contribution in [2.75, 3.05) is 6.54 Å². The fourth-order valence-electron chi connectivity index (χ4n) is 5.91. The molecule has 0 bridgehead atoms. The molecule has 2 saturated carbocycles. The highest BCUT2D eigenvalue weighted by molar-refractivity contribution is 5.96. The molecule has 2 fully saturated rings. The predicted octanol–water partition coefficient (Wildman–Crippen LogP) is 5.36. The van der Waals surface area contributed by atoms with E-state index in [9.17, 15) is 14.7 Å². The van der Waals surface area contributed by atoms with Gasteiger partial charge < -0.3 is 10.0 Å². The topological polar surface area (TPSA) is 87.8 Å². The molecule has 0 unspecified atom stereocenters. The fraction of sp³-hybridized carbons (Fsp3) is 0.333. The van der Waals surface area contributed by atoms with Gasteiger partial charge in [0.1, 0.15) is 5.82 Å². The van der Waals surface area contributed by atoms with Crippen LogP contribution in [0.5, 0.6) is 0 Å². The summed E-state index contributed by atoms with van der Waals surface area (Å²) in [6, 6.07) is 16.7. The fourth-order valence-corrected chi connectivity index (χ4v) is 5.91. The molecule has 3 atom stereocenters. The van der Waals surface area contributed by atoms with Gasteiger partial charge in [0.2, 0.25) is 0 Å². The van der Waals surface area contributed by atoms with Gasteiger partial charge in [-0.3, -0.25) is 9.59 Å². The van der Waals surface area contributed by atoms with Gasteiger partial charge in [0.25, 0.3) is 5.91 Å². The number of carbonyl (C=O) groups excluding carboxylic acids is 1. The number of amides is 1. The van der Waals surface area contributed by atoms with Crippen LogP contribution < -0.4 is 0 Å². The first-order valence-corrected chi connectivity index (χ1v) is 13.2. The van der Waals surface area contributed by atoms with E-state index in [1.165, 1.54) is 17.2 Å². The van der Waals surface area contributed by atoms with E-state index < -0.39 is 17.7 Å². The molecular formula is C30H27FN4O3. The smallest absolute Gasteiger partial charge is 0.307 e. The molecule has 2 aromatic carbocycles. The first-order chi connectivity index (χ1) is 18.4. The number of aromatic nitrogens is 3. The number of hydrogen-bond donors (Lipinski definition) is 1. The number of fused-ring (bicyclic) bond motifs is 2. The van der Waals surface area contributed by atoms with Crippen LogP contribution in [-0.2, 0) is 11.2 Å². The summed E-state index contributed by atoms with van der Waals surface area (Å²) in [5, 5.41) is 13.8. The molecule has 7 nitrogen and oxygen atoms in total. The largest absolute Gasteiger partial charge is 0.481 e. The van der Waals surface area contributed by atoms with Crippen LogP contribution in [0.3, 0.4) is 0 Å². The number of halogens is 1. The molecule has 38 heavy (non-hydrogen) atoms. The Morgan fingerprint density at radius 1 is 1.08 bits per heavy atom. The van der Waals surface area contributed by atoms with Gasteiger partial charge in [-0.25, -0.2) is 13.9 Å². The Morgan fingerprint density at radius 3 is 2.63 bits per heavy atom. The molecule has 3 heterocycles. The van der Waals surface area contributed by atoms with Gasteiger partial charge in [0, 0.05) is 23.7 Å². The van der Waals surface area contributed by atoms with Gasteiger partial charge in [-0.05, 0) is 79.5 Å². The Labute approximate surface area is 218 Å². The van der Waals surface area contributed by atoms with Gasteiger partial charge in [-0.15, -0.1) is 5.10 Å². The summed E-state index contributed by atoms with van der Waals surface area (Å²) in [4.78, 5) is 31.5. The van der Waals surface area contributed by atoms with Crippen molar-refractivity contribution in [2.45, 2.75) is 50.5 Å². The number of carbonyl (C=O) groups is 2. The number of pyridine rings is 1. The van der Waals surface area contributed by atoms with Crippen LogP contribution in [0.1, 0.15) is 76.8 Å². The highest BCUT2D eigenvalue weighted by atomic mass is 19.1. The van der Waals surface area contributed by atoms with Crippen LogP contribution in [0.15, 0.2) is 54.6 Å². The van der Waals surface area contributed by atoms with Gasteiger partial charge in [-0.1, -0.05) is 30.3 Å². The van der Waals surface area contributed by atoms with Crippen LogP contribution in [0.2, 0.25) is 0 Å². The summed E-state index contributed by atoms with van der Waals surface area (Å²) < 4.78 is 16.9. The molecule has 192 valence electrons. The SMILES string of the molecule is C[C@@H]1c2ccccc2CCN1C(=O)c1cc(C2CC2)n2nc(-c3ccc([C@@H]4C[C@H]4C(=O)O)cc3F)nc2c1. The third kappa shape index (κ3) is 3.78. The lowest BCUT2D eigenvalue weighted by Crippen LogP contribution is -2.38. The average Bonchev–Trinajstić information content (AvgIpc) is 3.84. The minimum absolute atomic E-state index is 0.0266. The molecular weight excluding hydrogens is 483 g/mol.